The molecular formula is C8H23O9P4+. The fraction of sp³-hybridized carbons (Fsp3) is 1.00. The van der Waals surface area contributed by atoms with E-state index < -0.39 is 36.5 Å². The zero-order valence-corrected chi connectivity index (χ0v) is 15.5. The molecular weight excluding hydrogens is 364 g/mol. The first kappa shape index (κ1) is 23.9. The topological polar surface area (TPSA) is 169 Å². The van der Waals surface area contributed by atoms with Gasteiger partial charge < -0.3 is 19.6 Å². The van der Waals surface area contributed by atoms with Crippen LogP contribution in [0.1, 0.15) is 13.8 Å². The summed E-state index contributed by atoms with van der Waals surface area (Å²) in [6.45, 7) is 3.21. The monoisotopic (exact) mass is 387 g/mol. The molecule has 0 fully saturated rings. The lowest BCUT2D eigenvalue weighted by atomic mass is 10.9. The molecule has 13 heteroatoms. The fourth-order valence-corrected chi connectivity index (χ4v) is 5.70. The van der Waals surface area contributed by atoms with Gasteiger partial charge in [-0.25, -0.2) is 0 Å². The Labute approximate surface area is 124 Å². The van der Waals surface area contributed by atoms with Crippen molar-refractivity contribution in [1.82, 2.24) is 0 Å². The minimum Gasteiger partial charge on any atom is -0.344 e. The summed E-state index contributed by atoms with van der Waals surface area (Å²) in [4.78, 5) is 42.6. The second kappa shape index (κ2) is 10.4. The molecule has 0 aliphatic heterocycles. The average Bonchev–Trinajstić information content (AvgIpc) is 2.34. The van der Waals surface area contributed by atoms with E-state index in [1.54, 1.807) is 13.8 Å². The highest BCUT2D eigenvalue weighted by molar-refractivity contribution is 7.62. The standard InChI is InChI=1S/C6H16O4P2.C2H6O5P2/c1-3-11(7,8)5-6-12(9,10)4-2;3-8(4)1-2-9(5,6)7/h3-6H2,1-2H3,(H,7,8)(H,9,10);1-2H2,(H2-,3,4,5,6,7)/p+1. The average molecular weight is 387 g/mol. The zero-order valence-electron chi connectivity index (χ0n) is 11.9. The van der Waals surface area contributed by atoms with Crippen LogP contribution in [0.3, 0.4) is 0 Å². The van der Waals surface area contributed by atoms with Crippen molar-refractivity contribution in [3.63, 3.8) is 0 Å². The van der Waals surface area contributed by atoms with Crippen LogP contribution in [0.25, 0.3) is 0 Å². The second-order valence-electron chi connectivity index (χ2n) is 4.24. The molecule has 3 unspecified atom stereocenters. The summed E-state index contributed by atoms with van der Waals surface area (Å²) in [6, 6.07) is 0. The van der Waals surface area contributed by atoms with Gasteiger partial charge >= 0.3 is 15.6 Å². The van der Waals surface area contributed by atoms with E-state index in [-0.39, 0.29) is 30.8 Å². The van der Waals surface area contributed by atoms with E-state index in [2.05, 4.69) is 0 Å². The maximum absolute atomic E-state index is 11.1. The Morgan fingerprint density at radius 3 is 1.29 bits per heavy atom. The zero-order chi connectivity index (χ0) is 17.3. The molecule has 5 N–H and O–H groups in total. The lowest BCUT2D eigenvalue weighted by Crippen LogP contribution is -2.00. The quantitative estimate of drug-likeness (QED) is 0.387. The molecule has 0 heterocycles. The summed E-state index contributed by atoms with van der Waals surface area (Å²) in [5.74, 6) is 0. The van der Waals surface area contributed by atoms with Crippen molar-refractivity contribution in [1.29, 1.82) is 0 Å². The molecule has 0 rings (SSSR count). The van der Waals surface area contributed by atoms with Gasteiger partial charge in [-0.2, -0.15) is 4.89 Å². The molecule has 21 heavy (non-hydrogen) atoms. The molecule has 0 aliphatic rings. The van der Waals surface area contributed by atoms with Gasteiger partial charge in [0, 0.05) is 24.6 Å². The summed E-state index contributed by atoms with van der Waals surface area (Å²) in [5, 5.41) is 0. The van der Waals surface area contributed by atoms with Crippen LogP contribution in [0.2, 0.25) is 0 Å². The van der Waals surface area contributed by atoms with Gasteiger partial charge in [0.2, 0.25) is 14.7 Å². The third-order valence-electron chi connectivity index (χ3n) is 2.37. The lowest BCUT2D eigenvalue weighted by Gasteiger charge is -2.11. The summed E-state index contributed by atoms with van der Waals surface area (Å²) in [5.41, 5.74) is 0. The molecule has 0 aromatic rings. The van der Waals surface area contributed by atoms with Crippen molar-refractivity contribution in [3.8, 4) is 0 Å². The van der Waals surface area contributed by atoms with Crippen LogP contribution < -0.4 is 0 Å². The van der Waals surface area contributed by atoms with Crippen LogP contribution in [0.15, 0.2) is 0 Å². The highest BCUT2D eigenvalue weighted by Crippen LogP contribution is 2.47. The smallest absolute Gasteiger partial charge is 0.344 e. The first-order valence-corrected chi connectivity index (χ1v) is 13.3. The normalized spacial score (nSPS) is 18.0. The molecule has 128 valence electrons. The molecule has 3 atom stereocenters. The lowest BCUT2D eigenvalue weighted by molar-refractivity contribution is 0.374. The molecule has 0 saturated heterocycles. The minimum atomic E-state index is -4.06. The second-order valence-corrected chi connectivity index (χ2v) is 12.7. The number of hydrogen-bond acceptors (Lipinski definition) is 4. The van der Waals surface area contributed by atoms with Gasteiger partial charge in [0.05, 0.1) is 6.16 Å². The van der Waals surface area contributed by atoms with Gasteiger partial charge in [-0.05, 0) is 4.57 Å². The molecule has 0 amide bonds. The predicted octanol–water partition coefficient (Wildman–Crippen LogP) is 1.47. The number of hydrogen-bond donors (Lipinski definition) is 5. The molecule has 0 bridgehead atoms. The van der Waals surface area contributed by atoms with Crippen LogP contribution in [-0.4, -0.2) is 61.4 Å². The molecule has 9 nitrogen and oxygen atoms in total. The highest BCUT2D eigenvalue weighted by Gasteiger charge is 2.22. The Kier molecular flexibility index (Phi) is 11.8. The molecule has 0 radical (unpaired) electrons. The Balaban J connectivity index is 0. The largest absolute Gasteiger partial charge is 0.506 e. The first-order chi connectivity index (χ1) is 9.24. The van der Waals surface area contributed by atoms with E-state index in [1.165, 1.54) is 0 Å². The van der Waals surface area contributed by atoms with Crippen molar-refractivity contribution in [2.24, 2.45) is 0 Å². The maximum atomic E-state index is 11.1. The summed E-state index contributed by atoms with van der Waals surface area (Å²) in [7, 11) is -12.7. The highest BCUT2D eigenvalue weighted by atomic mass is 31.2. The van der Waals surface area contributed by atoms with Crippen molar-refractivity contribution < 1.29 is 42.7 Å². The van der Waals surface area contributed by atoms with Crippen LogP contribution in [0.5, 0.6) is 0 Å². The minimum absolute atomic E-state index is 0.0366. The van der Waals surface area contributed by atoms with Crippen molar-refractivity contribution in [2.75, 3.05) is 37.0 Å². The Bertz CT molecular complexity index is 433. The van der Waals surface area contributed by atoms with Gasteiger partial charge in [0.1, 0.15) is 0 Å². The van der Waals surface area contributed by atoms with E-state index in [9.17, 15) is 18.3 Å². The predicted molar refractivity (Wildman–Crippen MR) is 82.1 cm³/mol. The third kappa shape index (κ3) is 18.5. The Morgan fingerprint density at radius 2 is 1.14 bits per heavy atom. The van der Waals surface area contributed by atoms with Crippen LogP contribution in [-0.2, 0) is 18.3 Å². The van der Waals surface area contributed by atoms with Gasteiger partial charge in [-0.1, -0.05) is 13.8 Å². The molecule has 0 aromatic carbocycles. The van der Waals surface area contributed by atoms with E-state index in [4.69, 9.17) is 24.5 Å². The van der Waals surface area contributed by atoms with E-state index in [1.807, 2.05) is 0 Å². The van der Waals surface area contributed by atoms with Crippen LogP contribution >= 0.6 is 30.4 Å². The molecule has 0 spiro atoms. The van der Waals surface area contributed by atoms with Crippen LogP contribution in [0, 0.1) is 0 Å². The summed E-state index contributed by atoms with van der Waals surface area (Å²) in [6.07, 6.45) is -0.567. The first-order valence-electron chi connectivity index (χ1n) is 6.04. The summed E-state index contributed by atoms with van der Waals surface area (Å²) >= 11 is 0. The number of rotatable bonds is 8. The third-order valence-corrected chi connectivity index (χ3v) is 8.31. The van der Waals surface area contributed by atoms with Gasteiger partial charge in [-0.3, -0.25) is 13.7 Å². The van der Waals surface area contributed by atoms with E-state index in [0.29, 0.717) is 0 Å². The molecule has 0 aromatic heterocycles. The van der Waals surface area contributed by atoms with Crippen LogP contribution in [0.4, 0.5) is 0 Å². The van der Waals surface area contributed by atoms with Crippen molar-refractivity contribution in [2.45, 2.75) is 13.8 Å². The van der Waals surface area contributed by atoms with Gasteiger partial charge in [0.25, 0.3) is 0 Å². The fourth-order valence-electron chi connectivity index (χ4n) is 0.845. The summed E-state index contributed by atoms with van der Waals surface area (Å²) < 4.78 is 42.0. The Morgan fingerprint density at radius 1 is 0.810 bits per heavy atom. The van der Waals surface area contributed by atoms with E-state index in [0.717, 1.165) is 0 Å². The van der Waals surface area contributed by atoms with Crippen molar-refractivity contribution in [3.05, 3.63) is 0 Å². The van der Waals surface area contributed by atoms with Gasteiger partial charge in [0.15, 0.2) is 6.16 Å². The molecule has 0 aliphatic carbocycles. The van der Waals surface area contributed by atoms with E-state index >= 15 is 0 Å². The molecule has 0 saturated carbocycles. The SMILES string of the molecule is CCP(=O)(O)CCP(=O)(O)CC.O=[P+](O)CCP(=O)(O)O. The Hall–Kier alpha value is 0.590. The van der Waals surface area contributed by atoms with Crippen molar-refractivity contribution >= 4 is 30.4 Å². The maximum Gasteiger partial charge on any atom is 0.506 e. The van der Waals surface area contributed by atoms with Gasteiger partial charge in [-0.15, -0.1) is 0 Å².